The minimum absolute atomic E-state index is 0.00791. The molecule has 0 saturated carbocycles. The highest BCUT2D eigenvalue weighted by atomic mass is 32.2. The molecule has 4 rings (SSSR count). The lowest BCUT2D eigenvalue weighted by atomic mass is 10.2. The third-order valence-electron chi connectivity index (χ3n) is 4.44. The Morgan fingerprint density at radius 3 is 2.60 bits per heavy atom. The van der Waals surface area contributed by atoms with E-state index in [1.165, 1.54) is 5.56 Å². The molecule has 0 aliphatic carbocycles. The summed E-state index contributed by atoms with van der Waals surface area (Å²) < 4.78 is 1.75. The van der Waals surface area contributed by atoms with E-state index >= 15 is 0 Å². The van der Waals surface area contributed by atoms with E-state index in [1.807, 2.05) is 49.4 Å². The molecule has 1 atom stereocenters. The van der Waals surface area contributed by atoms with E-state index in [1.54, 1.807) is 16.3 Å². The molecule has 2 heterocycles. The summed E-state index contributed by atoms with van der Waals surface area (Å²) in [4.78, 5) is 21.0. The Morgan fingerprint density at radius 2 is 1.84 bits per heavy atom. The van der Waals surface area contributed by atoms with Crippen LogP contribution in [-0.2, 0) is 6.54 Å². The Morgan fingerprint density at radius 1 is 1.12 bits per heavy atom. The van der Waals surface area contributed by atoms with E-state index in [-0.39, 0.29) is 10.8 Å². The van der Waals surface area contributed by atoms with E-state index in [0.29, 0.717) is 12.1 Å². The lowest BCUT2D eigenvalue weighted by molar-refractivity contribution is 0.632. The van der Waals surface area contributed by atoms with E-state index in [9.17, 15) is 4.79 Å². The number of rotatable bonds is 4. The molecule has 0 unspecified atom stereocenters. The zero-order chi connectivity index (χ0) is 17.4. The number of hydrogen-bond acceptors (Lipinski definition) is 3. The van der Waals surface area contributed by atoms with Crippen LogP contribution in [0.3, 0.4) is 0 Å². The molecule has 4 aromatic rings. The molecule has 0 radical (unpaired) electrons. The molecule has 0 amide bonds. The van der Waals surface area contributed by atoms with Gasteiger partial charge in [-0.1, -0.05) is 60.3 Å². The lowest BCUT2D eigenvalue weighted by Crippen LogP contribution is -2.22. The fourth-order valence-corrected chi connectivity index (χ4v) is 4.19. The van der Waals surface area contributed by atoms with Crippen molar-refractivity contribution < 1.29 is 0 Å². The summed E-state index contributed by atoms with van der Waals surface area (Å²) in [5.74, 6) is 0. The molecule has 2 aromatic heterocycles. The molecule has 0 spiro atoms. The third kappa shape index (κ3) is 2.74. The maximum Gasteiger partial charge on any atom is 0.278 e. The maximum absolute atomic E-state index is 12.9. The van der Waals surface area contributed by atoms with Crippen LogP contribution in [0.15, 0.2) is 64.5 Å². The van der Waals surface area contributed by atoms with Gasteiger partial charge in [-0.05, 0) is 25.5 Å². The molecule has 0 aliphatic rings. The van der Waals surface area contributed by atoms with Crippen LogP contribution in [0.25, 0.3) is 21.9 Å². The van der Waals surface area contributed by atoms with Crippen molar-refractivity contribution in [1.82, 2.24) is 14.5 Å². The average molecular weight is 349 g/mol. The van der Waals surface area contributed by atoms with Crippen molar-refractivity contribution in [3.05, 3.63) is 70.5 Å². The van der Waals surface area contributed by atoms with Gasteiger partial charge in [-0.15, -0.1) is 0 Å². The smallest absolute Gasteiger partial charge is 0.278 e. The van der Waals surface area contributed by atoms with Gasteiger partial charge in [-0.2, -0.15) is 0 Å². The molecule has 1 N–H and O–H groups in total. The molecule has 4 nitrogen and oxygen atoms in total. The molecule has 25 heavy (non-hydrogen) atoms. The molecule has 0 aliphatic heterocycles. The predicted molar refractivity (Wildman–Crippen MR) is 104 cm³/mol. The van der Waals surface area contributed by atoms with E-state index < -0.39 is 0 Å². The van der Waals surface area contributed by atoms with Crippen LogP contribution in [-0.4, -0.2) is 14.5 Å². The molecule has 2 aromatic carbocycles. The minimum Gasteiger partial charge on any atom is -0.349 e. The standard InChI is InChI=1S/C20H19N3OS/c1-3-23-19(24)18-17(15-11-7-8-12-16(15)21-18)22-20(23)25-13(2)14-9-5-4-6-10-14/h4-13,21H,3H2,1-2H3/t13-/m1/s1. The van der Waals surface area contributed by atoms with Gasteiger partial charge in [0.15, 0.2) is 5.16 Å². The van der Waals surface area contributed by atoms with Gasteiger partial charge in [0, 0.05) is 22.7 Å². The minimum atomic E-state index is -0.00791. The molecule has 5 heteroatoms. The van der Waals surface area contributed by atoms with Crippen molar-refractivity contribution in [2.24, 2.45) is 0 Å². The molecule has 0 bridgehead atoms. The third-order valence-corrected chi connectivity index (χ3v) is 5.59. The summed E-state index contributed by atoms with van der Waals surface area (Å²) in [5.41, 5.74) is 3.51. The maximum atomic E-state index is 12.9. The van der Waals surface area contributed by atoms with Crippen LogP contribution < -0.4 is 5.56 Å². The van der Waals surface area contributed by atoms with Crippen molar-refractivity contribution >= 4 is 33.7 Å². The first kappa shape index (κ1) is 16.0. The fourth-order valence-electron chi connectivity index (χ4n) is 3.09. The molecule has 0 saturated heterocycles. The van der Waals surface area contributed by atoms with Gasteiger partial charge in [0.25, 0.3) is 5.56 Å². The summed E-state index contributed by atoms with van der Waals surface area (Å²) in [7, 11) is 0. The summed E-state index contributed by atoms with van der Waals surface area (Å²) in [6.45, 7) is 4.72. The van der Waals surface area contributed by atoms with Crippen molar-refractivity contribution in [2.75, 3.05) is 0 Å². The number of nitrogens with zero attached hydrogens (tertiary/aromatic N) is 2. The molecular weight excluding hydrogens is 330 g/mol. The van der Waals surface area contributed by atoms with Crippen LogP contribution >= 0.6 is 11.8 Å². The van der Waals surface area contributed by atoms with Crippen LogP contribution in [0.1, 0.15) is 24.7 Å². The summed E-state index contributed by atoms with van der Waals surface area (Å²) in [5, 5.41) is 1.97. The first-order chi connectivity index (χ1) is 12.2. The molecule has 0 fully saturated rings. The van der Waals surface area contributed by atoms with Crippen molar-refractivity contribution in [3.63, 3.8) is 0 Å². The first-order valence-electron chi connectivity index (χ1n) is 8.42. The predicted octanol–water partition coefficient (Wildman–Crippen LogP) is 4.75. The Bertz CT molecular complexity index is 1100. The number of para-hydroxylation sites is 1. The van der Waals surface area contributed by atoms with Crippen molar-refractivity contribution in [1.29, 1.82) is 0 Å². The van der Waals surface area contributed by atoms with Gasteiger partial charge in [0.05, 0.1) is 0 Å². The SMILES string of the molecule is CCn1c(S[C@H](C)c2ccccc2)nc2c([nH]c3ccccc32)c1=O. The zero-order valence-corrected chi connectivity index (χ0v) is 15.0. The van der Waals surface area contributed by atoms with Gasteiger partial charge in [-0.3, -0.25) is 9.36 Å². The number of fused-ring (bicyclic) bond motifs is 3. The zero-order valence-electron chi connectivity index (χ0n) is 14.2. The van der Waals surface area contributed by atoms with Gasteiger partial charge < -0.3 is 4.98 Å². The second-order valence-electron chi connectivity index (χ2n) is 6.01. The van der Waals surface area contributed by atoms with Crippen molar-refractivity contribution in [2.45, 2.75) is 30.8 Å². The topological polar surface area (TPSA) is 50.7 Å². The Hall–Kier alpha value is -2.53. The van der Waals surface area contributed by atoms with Gasteiger partial charge in [0.2, 0.25) is 0 Å². The van der Waals surface area contributed by atoms with Gasteiger partial charge >= 0.3 is 0 Å². The highest BCUT2D eigenvalue weighted by molar-refractivity contribution is 7.99. The number of thioether (sulfide) groups is 1. The average Bonchev–Trinajstić information content (AvgIpc) is 3.02. The van der Waals surface area contributed by atoms with Crippen molar-refractivity contribution in [3.8, 4) is 0 Å². The molecule has 126 valence electrons. The highest BCUT2D eigenvalue weighted by Crippen LogP contribution is 2.34. The summed E-state index contributed by atoms with van der Waals surface area (Å²) in [6.07, 6.45) is 0. The highest BCUT2D eigenvalue weighted by Gasteiger charge is 2.17. The largest absolute Gasteiger partial charge is 0.349 e. The number of hydrogen-bond donors (Lipinski definition) is 1. The normalized spacial score (nSPS) is 12.7. The van der Waals surface area contributed by atoms with Crippen LogP contribution in [0.5, 0.6) is 0 Å². The summed E-state index contributed by atoms with van der Waals surface area (Å²) >= 11 is 1.63. The second kappa shape index (κ2) is 6.41. The Balaban J connectivity index is 1.87. The van der Waals surface area contributed by atoms with E-state index in [0.717, 1.165) is 21.6 Å². The first-order valence-corrected chi connectivity index (χ1v) is 9.30. The monoisotopic (exact) mass is 349 g/mol. The number of benzene rings is 2. The molecular formula is C20H19N3OS. The van der Waals surface area contributed by atoms with Crippen LogP contribution in [0.4, 0.5) is 0 Å². The quantitative estimate of drug-likeness (QED) is 0.427. The lowest BCUT2D eigenvalue weighted by Gasteiger charge is -2.14. The Labute approximate surface area is 149 Å². The fraction of sp³-hybridized carbons (Fsp3) is 0.200. The van der Waals surface area contributed by atoms with E-state index in [2.05, 4.69) is 24.0 Å². The van der Waals surface area contributed by atoms with Crippen LogP contribution in [0.2, 0.25) is 0 Å². The number of H-pyrrole nitrogens is 1. The summed E-state index contributed by atoms with van der Waals surface area (Å²) in [6, 6.07) is 18.2. The number of nitrogens with one attached hydrogen (secondary N) is 1. The second-order valence-corrected chi connectivity index (χ2v) is 7.32. The van der Waals surface area contributed by atoms with E-state index in [4.69, 9.17) is 4.98 Å². The van der Waals surface area contributed by atoms with Gasteiger partial charge in [0.1, 0.15) is 11.0 Å². The number of aromatic nitrogens is 3. The van der Waals surface area contributed by atoms with Crippen LogP contribution in [0, 0.1) is 0 Å². The number of aromatic amines is 1. The Kier molecular flexibility index (Phi) is 4.09. The van der Waals surface area contributed by atoms with Gasteiger partial charge in [-0.25, -0.2) is 4.98 Å².